The standard InChI is InChI=1S/C6H9/c1-4-5-6(2)3/h1-3H3/q+1. The van der Waals surface area contributed by atoms with Gasteiger partial charge >= 0.3 is 0 Å². The van der Waals surface area contributed by atoms with Crippen LogP contribution in [-0.2, 0) is 0 Å². The van der Waals surface area contributed by atoms with Crippen LogP contribution >= 0.6 is 0 Å². The Morgan fingerprint density at radius 3 is 2.00 bits per heavy atom. The third-order valence-electron chi connectivity index (χ3n) is 0.375. The monoisotopic (exact) mass is 81.1 g/mol. The molecule has 0 rings (SSSR count). The minimum Gasteiger partial charge on any atom is 0.0323 e. The molecule has 0 amide bonds. The predicted molar refractivity (Wildman–Crippen MR) is 27.3 cm³/mol. The maximum Gasteiger partial charge on any atom is 0.140 e. The van der Waals surface area contributed by atoms with Gasteiger partial charge in [-0.25, -0.2) is 0 Å². The number of hydrogen-bond donors (Lipinski definition) is 0. The average Bonchev–Trinajstić information content (AvgIpc) is 1.35. The van der Waals surface area contributed by atoms with Gasteiger partial charge in [-0.2, -0.15) is 0 Å². The lowest BCUT2D eigenvalue weighted by molar-refractivity contribution is 1.40. The molecule has 0 heterocycles. The van der Waals surface area contributed by atoms with Crippen LogP contribution in [0.1, 0.15) is 20.8 Å². The molecule has 0 bridgehead atoms. The SMILES string of the molecule is C[C+]=C=C(C)C. The summed E-state index contributed by atoms with van der Waals surface area (Å²) in [6.45, 7) is 5.83. The van der Waals surface area contributed by atoms with Crippen molar-refractivity contribution in [2.24, 2.45) is 0 Å². The summed E-state index contributed by atoms with van der Waals surface area (Å²) in [5, 5.41) is 0. The van der Waals surface area contributed by atoms with E-state index in [0.717, 1.165) is 0 Å². The fourth-order valence-corrected chi connectivity index (χ4v) is 0.250. The zero-order valence-electron chi connectivity index (χ0n) is 4.50. The average molecular weight is 81.1 g/mol. The van der Waals surface area contributed by atoms with Crippen molar-refractivity contribution in [2.75, 3.05) is 0 Å². The van der Waals surface area contributed by atoms with Crippen molar-refractivity contribution in [3.63, 3.8) is 0 Å². The van der Waals surface area contributed by atoms with Gasteiger partial charge in [0.25, 0.3) is 0 Å². The molecule has 0 nitrogen and oxygen atoms in total. The number of hydrogen-bond acceptors (Lipinski definition) is 0. The molecular weight excluding hydrogens is 72.1 g/mol. The summed E-state index contributed by atoms with van der Waals surface area (Å²) in [6, 6.07) is 0. The largest absolute Gasteiger partial charge is 0.140 e. The zero-order valence-corrected chi connectivity index (χ0v) is 4.50. The maximum atomic E-state index is 2.88. The molecule has 0 N–H and O–H groups in total. The molecule has 0 aliphatic rings. The number of allylic oxidation sites excluding steroid dienone is 1. The molecule has 0 aromatic heterocycles. The molecule has 0 fully saturated rings. The van der Waals surface area contributed by atoms with Crippen molar-refractivity contribution in [2.45, 2.75) is 20.8 Å². The minimum atomic E-state index is 1.18. The Morgan fingerprint density at radius 1 is 1.50 bits per heavy atom. The van der Waals surface area contributed by atoms with E-state index >= 15 is 0 Å². The van der Waals surface area contributed by atoms with Crippen molar-refractivity contribution in [1.82, 2.24) is 0 Å². The molecule has 0 spiro atoms. The Labute approximate surface area is 39.2 Å². The van der Waals surface area contributed by atoms with E-state index in [4.69, 9.17) is 0 Å². The van der Waals surface area contributed by atoms with E-state index < -0.39 is 0 Å². The van der Waals surface area contributed by atoms with E-state index in [9.17, 15) is 0 Å². The lowest BCUT2D eigenvalue weighted by Gasteiger charge is -1.56. The minimum absolute atomic E-state index is 1.18. The summed E-state index contributed by atoms with van der Waals surface area (Å²) in [4.78, 5) is 0. The van der Waals surface area contributed by atoms with Crippen LogP contribution in [-0.4, -0.2) is 0 Å². The molecule has 0 aromatic carbocycles. The van der Waals surface area contributed by atoms with Crippen molar-refractivity contribution >= 4 is 0 Å². The van der Waals surface area contributed by atoms with Gasteiger partial charge in [-0.1, -0.05) is 0 Å². The highest BCUT2D eigenvalue weighted by atomic mass is 13.7. The molecule has 0 atom stereocenters. The molecule has 0 aliphatic heterocycles. The van der Waals surface area contributed by atoms with Gasteiger partial charge in [-0.05, 0) is 0 Å². The summed E-state index contributed by atoms with van der Waals surface area (Å²) in [6.07, 6.45) is 2.78. The molecule has 0 radical (unpaired) electrons. The van der Waals surface area contributed by atoms with Gasteiger partial charge < -0.3 is 0 Å². The predicted octanol–water partition coefficient (Wildman–Crippen LogP) is 1.93. The topological polar surface area (TPSA) is 0 Å². The van der Waals surface area contributed by atoms with E-state index in [1.807, 2.05) is 20.8 Å². The Morgan fingerprint density at radius 2 is 2.00 bits per heavy atom. The fourth-order valence-electron chi connectivity index (χ4n) is 0.250. The van der Waals surface area contributed by atoms with Crippen LogP contribution in [0, 0.1) is 6.08 Å². The van der Waals surface area contributed by atoms with Crippen LogP contribution in [0.3, 0.4) is 0 Å². The number of rotatable bonds is 0. The quantitative estimate of drug-likeness (QED) is 0.309. The summed E-state index contributed by atoms with van der Waals surface area (Å²) < 4.78 is 0. The maximum absolute atomic E-state index is 2.88. The lowest BCUT2D eigenvalue weighted by atomic mass is 10.4. The Balaban J connectivity index is 3.73. The van der Waals surface area contributed by atoms with Crippen LogP contribution < -0.4 is 0 Å². The molecular formula is C6H9+. The van der Waals surface area contributed by atoms with Crippen molar-refractivity contribution in [3.8, 4) is 0 Å². The Hall–Kier alpha value is -0.570. The first-order valence-electron chi connectivity index (χ1n) is 2.00. The highest BCUT2D eigenvalue weighted by molar-refractivity contribution is 4.88. The summed E-state index contributed by atoms with van der Waals surface area (Å²) in [7, 11) is 0. The molecule has 0 aromatic rings. The Kier molecular flexibility index (Phi) is 2.40. The molecule has 0 saturated carbocycles. The Bertz CT molecular complexity index is 78.2. The summed E-state index contributed by atoms with van der Waals surface area (Å²) in [5.74, 6) is 0. The highest BCUT2D eigenvalue weighted by Gasteiger charge is 1.74. The molecule has 32 valence electrons. The zero-order chi connectivity index (χ0) is 4.99. The third kappa shape index (κ3) is 3.43. The van der Waals surface area contributed by atoms with Crippen LogP contribution in [0.4, 0.5) is 0 Å². The first-order valence-corrected chi connectivity index (χ1v) is 2.00. The van der Waals surface area contributed by atoms with E-state index in [0.29, 0.717) is 0 Å². The van der Waals surface area contributed by atoms with E-state index in [-0.39, 0.29) is 0 Å². The first kappa shape index (κ1) is 5.43. The van der Waals surface area contributed by atoms with Gasteiger partial charge in [0, 0.05) is 13.8 Å². The second kappa shape index (κ2) is 2.66. The summed E-state index contributed by atoms with van der Waals surface area (Å²) >= 11 is 0. The molecule has 0 saturated heterocycles. The first-order chi connectivity index (χ1) is 2.77. The molecule has 0 unspecified atom stereocenters. The van der Waals surface area contributed by atoms with Crippen molar-refractivity contribution in [3.05, 3.63) is 17.4 Å². The highest BCUT2D eigenvalue weighted by Crippen LogP contribution is 1.79. The van der Waals surface area contributed by atoms with Gasteiger partial charge in [-0.3, -0.25) is 0 Å². The lowest BCUT2D eigenvalue weighted by Crippen LogP contribution is -1.50. The van der Waals surface area contributed by atoms with E-state index in [2.05, 4.69) is 11.8 Å². The second-order valence-corrected chi connectivity index (χ2v) is 1.38. The molecule has 0 heteroatoms. The van der Waals surface area contributed by atoms with Gasteiger partial charge in [0.2, 0.25) is 0 Å². The van der Waals surface area contributed by atoms with Crippen molar-refractivity contribution in [1.29, 1.82) is 0 Å². The normalized spacial score (nSPS) is 5.83. The van der Waals surface area contributed by atoms with Crippen LogP contribution in [0.2, 0.25) is 0 Å². The second-order valence-electron chi connectivity index (χ2n) is 1.38. The molecule has 6 heavy (non-hydrogen) atoms. The smallest absolute Gasteiger partial charge is 0.0323 e. The van der Waals surface area contributed by atoms with Gasteiger partial charge in [-0.15, -0.1) is 0 Å². The van der Waals surface area contributed by atoms with E-state index in [1.165, 1.54) is 5.57 Å². The van der Waals surface area contributed by atoms with Crippen molar-refractivity contribution < 1.29 is 0 Å². The van der Waals surface area contributed by atoms with Crippen LogP contribution in [0.25, 0.3) is 0 Å². The van der Waals surface area contributed by atoms with E-state index in [1.54, 1.807) is 0 Å². The summed E-state index contributed by atoms with van der Waals surface area (Å²) in [5.41, 5.74) is 4.05. The molecule has 0 aliphatic carbocycles. The van der Waals surface area contributed by atoms with Gasteiger partial charge in [0.15, 0.2) is 0 Å². The van der Waals surface area contributed by atoms with Gasteiger partial charge in [0.05, 0.1) is 6.92 Å². The fraction of sp³-hybridized carbons (Fsp3) is 0.500. The third-order valence-corrected chi connectivity index (χ3v) is 0.375. The van der Waals surface area contributed by atoms with Gasteiger partial charge in [0.1, 0.15) is 17.4 Å². The van der Waals surface area contributed by atoms with Crippen LogP contribution in [0.5, 0.6) is 0 Å². The van der Waals surface area contributed by atoms with Crippen LogP contribution in [0.15, 0.2) is 11.3 Å².